The van der Waals surface area contributed by atoms with Gasteiger partial charge in [0, 0.05) is 18.5 Å². The quantitative estimate of drug-likeness (QED) is 0.622. The summed E-state index contributed by atoms with van der Waals surface area (Å²) in [6.07, 6.45) is -1.72. The lowest BCUT2D eigenvalue weighted by Gasteiger charge is -2.25. The molecule has 20 heavy (non-hydrogen) atoms. The molecule has 0 bridgehead atoms. The van der Waals surface area contributed by atoms with Crippen molar-refractivity contribution in [3.05, 3.63) is 11.9 Å². The molecule has 0 saturated heterocycles. The molecule has 2 rings (SSSR count). The van der Waals surface area contributed by atoms with Crippen molar-refractivity contribution in [1.29, 1.82) is 0 Å². The minimum atomic E-state index is -4.27. The summed E-state index contributed by atoms with van der Waals surface area (Å²) in [6.45, 7) is 1.09. The third kappa shape index (κ3) is 3.96. The highest BCUT2D eigenvalue weighted by Gasteiger charge is 2.32. The van der Waals surface area contributed by atoms with Gasteiger partial charge in [0.15, 0.2) is 0 Å². The number of hydrazine groups is 1. The largest absolute Gasteiger partial charge is 0.405 e. The van der Waals surface area contributed by atoms with Crippen molar-refractivity contribution in [3.63, 3.8) is 0 Å². The topological polar surface area (TPSA) is 67.1 Å². The van der Waals surface area contributed by atoms with Crippen molar-refractivity contribution < 1.29 is 13.2 Å². The highest BCUT2D eigenvalue weighted by molar-refractivity contribution is 5.49. The molecule has 0 spiro atoms. The number of hydrogen-bond acceptors (Lipinski definition) is 5. The summed E-state index contributed by atoms with van der Waals surface area (Å²) in [5.74, 6) is 6.76. The van der Waals surface area contributed by atoms with E-state index in [0.717, 1.165) is 12.8 Å². The summed E-state index contributed by atoms with van der Waals surface area (Å²) in [7, 11) is 0. The lowest BCUT2D eigenvalue weighted by molar-refractivity contribution is -0.119. The van der Waals surface area contributed by atoms with Crippen LogP contribution >= 0.6 is 0 Å². The molecule has 1 saturated carbocycles. The van der Waals surface area contributed by atoms with Gasteiger partial charge in [0.05, 0.1) is 0 Å². The molecule has 1 aliphatic carbocycles. The number of alkyl halides is 3. The van der Waals surface area contributed by atoms with E-state index in [1.807, 2.05) is 6.92 Å². The molecule has 3 N–H and O–H groups in total. The molecule has 112 valence electrons. The van der Waals surface area contributed by atoms with E-state index < -0.39 is 12.7 Å². The minimum absolute atomic E-state index is 0.247. The average Bonchev–Trinajstić information content (AvgIpc) is 3.20. The van der Waals surface area contributed by atoms with Gasteiger partial charge in [0.2, 0.25) is 0 Å². The SMILES string of the molecule is CCCN(CC(F)(F)F)c1cc(NN)nc(C2CC2)n1. The maximum absolute atomic E-state index is 12.6. The molecule has 1 heterocycles. The number of nitrogens with one attached hydrogen (secondary N) is 1. The van der Waals surface area contributed by atoms with Gasteiger partial charge >= 0.3 is 6.18 Å². The summed E-state index contributed by atoms with van der Waals surface area (Å²) in [5, 5.41) is 0. The van der Waals surface area contributed by atoms with Crippen LogP contribution in [0.2, 0.25) is 0 Å². The number of anilines is 2. The number of nitrogens with zero attached hydrogens (tertiary/aromatic N) is 3. The lowest BCUT2D eigenvalue weighted by atomic mass is 10.3. The standard InChI is InChI=1S/C12H18F3N5/c1-2-5-20(7-12(13,14)15)10-6-9(19-16)17-11(18-10)8-3-4-8/h6,8H,2-5,7,16H2,1H3,(H,17,18,19). The maximum atomic E-state index is 12.6. The van der Waals surface area contributed by atoms with Gasteiger partial charge in [-0.15, -0.1) is 0 Å². The molecule has 1 aliphatic rings. The third-order valence-electron chi connectivity index (χ3n) is 3.01. The van der Waals surface area contributed by atoms with Gasteiger partial charge in [0.25, 0.3) is 0 Å². The second-order valence-electron chi connectivity index (χ2n) is 4.92. The van der Waals surface area contributed by atoms with Crippen LogP contribution in [-0.4, -0.2) is 29.2 Å². The van der Waals surface area contributed by atoms with Gasteiger partial charge in [-0.2, -0.15) is 13.2 Å². The molecule has 5 nitrogen and oxygen atoms in total. The average molecular weight is 289 g/mol. The van der Waals surface area contributed by atoms with Crippen LogP contribution in [-0.2, 0) is 0 Å². The Labute approximate surface area is 115 Å². The number of nitrogen functional groups attached to an aromatic ring is 1. The second kappa shape index (κ2) is 5.82. The first kappa shape index (κ1) is 14.8. The molecule has 0 atom stereocenters. The van der Waals surface area contributed by atoms with Crippen molar-refractivity contribution in [1.82, 2.24) is 9.97 Å². The van der Waals surface area contributed by atoms with E-state index in [0.29, 0.717) is 18.1 Å². The zero-order chi connectivity index (χ0) is 14.8. The molecular formula is C12H18F3N5. The van der Waals surface area contributed by atoms with Crippen LogP contribution < -0.4 is 16.2 Å². The van der Waals surface area contributed by atoms with Gasteiger partial charge in [-0.1, -0.05) is 6.92 Å². The Morgan fingerprint density at radius 3 is 2.60 bits per heavy atom. The van der Waals surface area contributed by atoms with Gasteiger partial charge < -0.3 is 10.3 Å². The number of halogens is 3. The van der Waals surface area contributed by atoms with E-state index in [1.165, 1.54) is 11.0 Å². The molecule has 1 fully saturated rings. The number of nitrogens with two attached hydrogens (primary N) is 1. The molecular weight excluding hydrogens is 271 g/mol. The van der Waals surface area contributed by atoms with Crippen LogP contribution in [0.25, 0.3) is 0 Å². The van der Waals surface area contributed by atoms with Crippen LogP contribution in [0.1, 0.15) is 37.9 Å². The molecule has 1 aromatic heterocycles. The van der Waals surface area contributed by atoms with Crippen molar-refractivity contribution >= 4 is 11.6 Å². The maximum Gasteiger partial charge on any atom is 0.405 e. The first-order chi connectivity index (χ1) is 9.43. The zero-order valence-electron chi connectivity index (χ0n) is 11.2. The molecule has 0 amide bonds. The van der Waals surface area contributed by atoms with E-state index in [9.17, 15) is 13.2 Å². The molecule has 0 aromatic carbocycles. The summed E-state index contributed by atoms with van der Waals surface area (Å²) < 4.78 is 37.9. The molecule has 8 heteroatoms. The Kier molecular flexibility index (Phi) is 4.32. The van der Waals surface area contributed by atoms with Crippen LogP contribution in [0.4, 0.5) is 24.8 Å². The Bertz CT molecular complexity index is 459. The summed E-state index contributed by atoms with van der Waals surface area (Å²) in [5.41, 5.74) is 2.39. The number of rotatable bonds is 6. The van der Waals surface area contributed by atoms with Crippen molar-refractivity contribution in [2.45, 2.75) is 38.3 Å². The highest BCUT2D eigenvalue weighted by Crippen LogP contribution is 2.39. The van der Waals surface area contributed by atoms with Crippen molar-refractivity contribution in [2.24, 2.45) is 5.84 Å². The number of hydrogen-bond donors (Lipinski definition) is 2. The Hall–Kier alpha value is -1.57. The predicted molar refractivity (Wildman–Crippen MR) is 70.4 cm³/mol. The molecule has 0 aliphatic heterocycles. The minimum Gasteiger partial charge on any atom is -0.347 e. The van der Waals surface area contributed by atoms with Crippen LogP contribution in [0.3, 0.4) is 0 Å². The van der Waals surface area contributed by atoms with E-state index in [-0.39, 0.29) is 18.3 Å². The van der Waals surface area contributed by atoms with Gasteiger partial charge in [-0.05, 0) is 19.3 Å². The smallest absolute Gasteiger partial charge is 0.347 e. The second-order valence-corrected chi connectivity index (χ2v) is 4.92. The van der Waals surface area contributed by atoms with Crippen molar-refractivity contribution in [2.75, 3.05) is 23.4 Å². The van der Waals surface area contributed by atoms with Crippen LogP contribution in [0, 0.1) is 0 Å². The van der Waals surface area contributed by atoms with Gasteiger partial charge in [0.1, 0.15) is 24.0 Å². The summed E-state index contributed by atoms with van der Waals surface area (Å²) in [4.78, 5) is 9.68. The van der Waals surface area contributed by atoms with Gasteiger partial charge in [-0.3, -0.25) is 0 Å². The van der Waals surface area contributed by atoms with Gasteiger partial charge in [-0.25, -0.2) is 15.8 Å². The first-order valence-electron chi connectivity index (χ1n) is 6.60. The van der Waals surface area contributed by atoms with E-state index in [2.05, 4.69) is 15.4 Å². The summed E-state index contributed by atoms with van der Waals surface area (Å²) >= 11 is 0. The highest BCUT2D eigenvalue weighted by atomic mass is 19.4. The Morgan fingerprint density at radius 2 is 2.10 bits per heavy atom. The lowest BCUT2D eigenvalue weighted by Crippen LogP contribution is -2.35. The molecule has 0 unspecified atom stereocenters. The Morgan fingerprint density at radius 1 is 1.40 bits per heavy atom. The fraction of sp³-hybridized carbons (Fsp3) is 0.667. The van der Waals surface area contributed by atoms with E-state index in [1.54, 1.807) is 0 Å². The fourth-order valence-corrected chi connectivity index (χ4v) is 1.97. The van der Waals surface area contributed by atoms with Crippen molar-refractivity contribution in [3.8, 4) is 0 Å². The molecule has 0 radical (unpaired) electrons. The molecule has 1 aromatic rings. The Balaban J connectivity index is 2.28. The summed E-state index contributed by atoms with van der Waals surface area (Å²) in [6, 6.07) is 1.45. The third-order valence-corrected chi connectivity index (χ3v) is 3.01. The van der Waals surface area contributed by atoms with Crippen LogP contribution in [0.15, 0.2) is 6.07 Å². The van der Waals surface area contributed by atoms with Crippen LogP contribution in [0.5, 0.6) is 0 Å². The fourth-order valence-electron chi connectivity index (χ4n) is 1.97. The normalized spacial score (nSPS) is 15.2. The predicted octanol–water partition coefficient (Wildman–Crippen LogP) is 2.42. The van der Waals surface area contributed by atoms with E-state index >= 15 is 0 Å². The monoisotopic (exact) mass is 289 g/mol. The number of aromatic nitrogens is 2. The van der Waals surface area contributed by atoms with E-state index in [4.69, 9.17) is 5.84 Å². The first-order valence-corrected chi connectivity index (χ1v) is 6.60. The zero-order valence-corrected chi connectivity index (χ0v) is 11.2.